The molecule has 0 fully saturated rings. The van der Waals surface area contributed by atoms with Crippen LogP contribution in [0.2, 0.25) is 0 Å². The Hall–Kier alpha value is -2.66. The third kappa shape index (κ3) is 11.4. The zero-order chi connectivity index (χ0) is 39.9. The lowest BCUT2D eigenvalue weighted by atomic mass is 10.3. The molecule has 2 aromatic carbocycles. The number of fused-ring (bicyclic) bond motifs is 2. The average Bonchev–Trinajstić information content (AvgIpc) is 3.61. The van der Waals surface area contributed by atoms with Crippen LogP contribution in [0, 0.1) is 0 Å². The van der Waals surface area contributed by atoms with Gasteiger partial charge in [0, 0.05) is 29.0 Å². The van der Waals surface area contributed by atoms with E-state index in [0.29, 0.717) is 0 Å². The van der Waals surface area contributed by atoms with Gasteiger partial charge in [0.25, 0.3) is 5.01 Å². The fraction of sp³-hybridized carbons (Fsp3) is 0.467. The summed E-state index contributed by atoms with van der Waals surface area (Å²) in [6, 6.07) is 17.2. The molecule has 2 unspecified atom stereocenters. The van der Waals surface area contributed by atoms with Crippen molar-refractivity contribution in [2.75, 3.05) is 23.0 Å². The summed E-state index contributed by atoms with van der Waals surface area (Å²) in [5.74, 6) is -1.94. The number of unbranched alkanes of at least 4 members (excludes halogenated alkanes) is 2. The summed E-state index contributed by atoms with van der Waals surface area (Å²) in [4.78, 5) is 3.65. The van der Waals surface area contributed by atoms with E-state index >= 15 is 0 Å². The highest BCUT2D eigenvalue weighted by atomic mass is 32.3. The molecule has 4 rings (SSSR count). The topological polar surface area (TPSA) is 146 Å². The number of benzene rings is 2. The van der Waals surface area contributed by atoms with Gasteiger partial charge in [0.1, 0.15) is 36.1 Å². The first-order valence-electron chi connectivity index (χ1n) is 15.9. The van der Waals surface area contributed by atoms with E-state index in [0.717, 1.165) is 13.1 Å². The second kappa shape index (κ2) is 17.9. The maximum absolute atomic E-state index is 12.6. The fourth-order valence-corrected chi connectivity index (χ4v) is 15.0. The van der Waals surface area contributed by atoms with Crippen LogP contribution in [0.4, 0.5) is 32.0 Å². The zero-order valence-corrected chi connectivity index (χ0v) is 33.7. The number of halogens is 6. The number of aryl methyl sites for hydroxylation is 1. The highest BCUT2D eigenvalue weighted by molar-refractivity contribution is 8.12. The molecule has 296 valence electrons. The smallest absolute Gasteiger partial charge is 0.329 e. The number of alkyl halides is 6. The Kier molecular flexibility index (Phi) is 15.1. The van der Waals surface area contributed by atoms with Gasteiger partial charge in [-0.1, -0.05) is 87.3 Å². The van der Waals surface area contributed by atoms with E-state index in [1.165, 1.54) is 48.8 Å². The zero-order valence-electron chi connectivity index (χ0n) is 28.8. The van der Waals surface area contributed by atoms with Crippen LogP contribution in [0.15, 0.2) is 71.7 Å². The van der Waals surface area contributed by atoms with Crippen molar-refractivity contribution < 1.29 is 56.2 Å². The number of thioether (sulfide) groups is 1. The van der Waals surface area contributed by atoms with Crippen LogP contribution in [-0.2, 0) is 46.4 Å². The van der Waals surface area contributed by atoms with Crippen molar-refractivity contribution in [2.45, 2.75) is 75.8 Å². The number of anilines is 1. The molecule has 0 bridgehead atoms. The van der Waals surface area contributed by atoms with Crippen molar-refractivity contribution in [3.63, 3.8) is 0 Å². The quantitative estimate of drug-likeness (QED) is 0.104. The Morgan fingerprint density at radius 3 is 1.79 bits per heavy atom. The Bertz CT molecular complexity index is 2240. The monoisotopic (exact) mass is 870 g/mol. The number of sulfonamides is 2. The molecule has 1 aliphatic heterocycles. The molecule has 3 aromatic rings. The predicted molar refractivity (Wildman–Crippen MR) is 198 cm³/mol. The predicted octanol–water partition coefficient (Wildman–Crippen LogP) is 7.94. The molecule has 0 spiro atoms. The number of para-hydroxylation sites is 2. The van der Waals surface area contributed by atoms with Crippen molar-refractivity contribution in [3.05, 3.63) is 64.3 Å². The SMILES string of the molecule is CCCCS(=O)(=NS(=O)(=O)C(F)(F)F)NS(=O)(CCCC)=NS(=O)(=O)C(F)(F)F.CCN1C(=C=Cc2sc3ccccc3[n+]2CC)Sc2ccccc21. The number of thiazole rings is 1. The van der Waals surface area contributed by atoms with E-state index < -0.39 is 62.4 Å². The second-order valence-electron chi connectivity index (χ2n) is 11.0. The first kappa shape index (κ1) is 44.7. The van der Waals surface area contributed by atoms with Crippen molar-refractivity contribution in [2.24, 2.45) is 7.54 Å². The van der Waals surface area contributed by atoms with Gasteiger partial charge in [-0.05, 0) is 44.9 Å². The molecule has 1 aliphatic rings. The van der Waals surface area contributed by atoms with E-state index in [9.17, 15) is 51.6 Å². The summed E-state index contributed by atoms with van der Waals surface area (Å²) in [6.07, 6.45) is 1.93. The van der Waals surface area contributed by atoms with Gasteiger partial charge in [-0.2, -0.15) is 47.7 Å². The molecule has 1 aromatic heterocycles. The Balaban J connectivity index is 0.000000288. The number of rotatable bonds is 13. The summed E-state index contributed by atoms with van der Waals surface area (Å²) >= 11 is 3.63. The van der Waals surface area contributed by atoms with Crippen LogP contribution < -0.4 is 13.6 Å². The Morgan fingerprint density at radius 1 is 0.792 bits per heavy atom. The molecule has 23 heteroatoms. The maximum atomic E-state index is 12.6. The van der Waals surface area contributed by atoms with E-state index in [2.05, 4.69) is 91.2 Å². The number of nitrogens with zero attached hydrogens (tertiary/aromatic N) is 4. The summed E-state index contributed by atoms with van der Waals surface area (Å²) in [7, 11) is -22.5. The van der Waals surface area contributed by atoms with Crippen molar-refractivity contribution in [3.8, 4) is 0 Å². The molecule has 0 amide bonds. The van der Waals surface area contributed by atoms with Gasteiger partial charge >= 0.3 is 31.1 Å². The minimum Gasteiger partial charge on any atom is -0.329 e. The molecule has 0 saturated carbocycles. The lowest BCUT2D eigenvalue weighted by Crippen LogP contribution is -2.37. The highest BCUT2D eigenvalue weighted by Crippen LogP contribution is 2.45. The first-order valence-corrected chi connectivity index (χ1v) is 23.8. The minimum atomic E-state index is -6.40. The molecule has 0 saturated heterocycles. The molecule has 1 N–H and O–H groups in total. The van der Waals surface area contributed by atoms with Crippen molar-refractivity contribution >= 4 is 85.0 Å². The molecular weight excluding hydrogens is 833 g/mol. The summed E-state index contributed by atoms with van der Waals surface area (Å²) in [5, 5.41) is 2.43. The largest absolute Gasteiger partial charge is 0.519 e. The van der Waals surface area contributed by atoms with Crippen LogP contribution in [0.3, 0.4) is 0 Å². The Morgan fingerprint density at radius 2 is 1.30 bits per heavy atom. The molecular formula is C30H38F6N5O6S6+. The lowest BCUT2D eigenvalue weighted by molar-refractivity contribution is -0.665. The minimum absolute atomic E-state index is 0.133. The van der Waals surface area contributed by atoms with Gasteiger partial charge in [-0.3, -0.25) is 0 Å². The third-order valence-corrected chi connectivity index (χ3v) is 17.7. The van der Waals surface area contributed by atoms with Crippen LogP contribution in [0.1, 0.15) is 58.4 Å². The fourth-order valence-electron chi connectivity index (χ4n) is 4.54. The van der Waals surface area contributed by atoms with Crippen molar-refractivity contribution in [1.29, 1.82) is 0 Å². The number of aromatic nitrogens is 1. The first-order chi connectivity index (χ1) is 24.6. The molecule has 0 radical (unpaired) electrons. The molecule has 53 heavy (non-hydrogen) atoms. The van der Waals surface area contributed by atoms with Crippen LogP contribution in [0.25, 0.3) is 16.3 Å². The summed E-state index contributed by atoms with van der Waals surface area (Å²) in [5.41, 5.74) is -5.85. The molecule has 0 aliphatic carbocycles. The number of hydrogen-bond acceptors (Lipinski definition) is 9. The van der Waals surface area contributed by atoms with Crippen molar-refractivity contribution in [1.82, 2.24) is 4.13 Å². The van der Waals surface area contributed by atoms with Gasteiger partial charge in [-0.25, -0.2) is 8.42 Å². The lowest BCUT2D eigenvalue weighted by Gasteiger charge is -2.16. The van der Waals surface area contributed by atoms with E-state index in [1.807, 2.05) is 11.3 Å². The van der Waals surface area contributed by atoms with Crippen LogP contribution in [0.5, 0.6) is 0 Å². The normalized spacial score (nSPS) is 15.8. The van der Waals surface area contributed by atoms with Crippen LogP contribution in [-0.4, -0.2) is 54.3 Å². The summed E-state index contributed by atoms with van der Waals surface area (Å²) in [6.45, 7) is 9.21. The average molecular weight is 871 g/mol. The van der Waals surface area contributed by atoms with Gasteiger partial charge in [-0.15, -0.1) is 4.13 Å². The van der Waals surface area contributed by atoms with E-state index in [-0.39, 0.29) is 25.7 Å². The van der Waals surface area contributed by atoms with Gasteiger partial charge in [0.05, 0.1) is 11.8 Å². The van der Waals surface area contributed by atoms with Crippen LogP contribution >= 0.6 is 23.1 Å². The van der Waals surface area contributed by atoms with E-state index in [4.69, 9.17) is 0 Å². The third-order valence-electron chi connectivity index (χ3n) is 7.03. The number of nitrogens with one attached hydrogen (secondary N) is 1. The Labute approximate surface area is 314 Å². The number of hydrogen-bond donors (Lipinski definition) is 1. The second-order valence-corrected chi connectivity index (χ2v) is 21.2. The van der Waals surface area contributed by atoms with Gasteiger partial charge in [0.2, 0.25) is 5.52 Å². The molecule has 11 nitrogen and oxygen atoms in total. The van der Waals surface area contributed by atoms with Gasteiger partial charge in [0.15, 0.2) is 0 Å². The maximum Gasteiger partial charge on any atom is 0.519 e. The summed E-state index contributed by atoms with van der Waals surface area (Å²) < 4.78 is 155. The van der Waals surface area contributed by atoms with Gasteiger partial charge < -0.3 is 4.90 Å². The van der Waals surface area contributed by atoms with E-state index in [1.54, 1.807) is 11.8 Å². The molecule has 2 atom stereocenters. The standard InChI is InChI=1S/C20H19N2S2.C10H19F6N3O6S4/c1-3-21-15-9-5-7-11-17(15)23-19(21)13-14-20-22(4-2)16-10-6-8-12-18(16)24-20;1-3-5-7-26(20,18-28(22,23)9(11,12)13)17-27(21,8-6-4-2)19-29(24,25)10(14,15)16/h5-13H,3-4H2,1-2H3;3-8H2,1-2H3,(H,17,18,19,20,21)/q+1;. The molecule has 2 heterocycles. The highest BCUT2D eigenvalue weighted by Gasteiger charge is 2.49.